The van der Waals surface area contributed by atoms with Crippen LogP contribution in [-0.2, 0) is 13.0 Å². The van der Waals surface area contributed by atoms with Crippen molar-refractivity contribution in [2.75, 3.05) is 25.0 Å². The van der Waals surface area contributed by atoms with E-state index < -0.39 is 0 Å². The zero-order valence-electron chi connectivity index (χ0n) is 22.2. The summed E-state index contributed by atoms with van der Waals surface area (Å²) in [5.74, 6) is 1.51. The van der Waals surface area contributed by atoms with E-state index in [1.54, 1.807) is 0 Å². The Bertz CT molecular complexity index is 1400. The van der Waals surface area contributed by atoms with Crippen molar-refractivity contribution < 1.29 is 9.15 Å². The molecule has 0 bridgehead atoms. The number of halogens is 1. The summed E-state index contributed by atoms with van der Waals surface area (Å²) in [6.45, 7) is 5.32. The first-order chi connectivity index (χ1) is 19.1. The van der Waals surface area contributed by atoms with Crippen LogP contribution in [0.3, 0.4) is 0 Å². The number of aromatic nitrogens is 1. The normalized spacial score (nSPS) is 14.5. The SMILES string of the molecule is CCc1ccc([C@H](CNc2oc(-c3ccc(OCc4ccccc4Cl)cc3)nc2C#N)N2CCCCC2)cc1. The number of piperidine rings is 1. The number of likely N-dealkylation sites (tertiary alicyclic amines) is 1. The Labute approximate surface area is 235 Å². The van der Waals surface area contributed by atoms with E-state index in [0.717, 1.165) is 30.6 Å². The second-order valence-electron chi connectivity index (χ2n) is 9.80. The topological polar surface area (TPSA) is 74.3 Å². The van der Waals surface area contributed by atoms with Gasteiger partial charge in [0.1, 0.15) is 18.4 Å². The number of anilines is 1. The molecule has 39 heavy (non-hydrogen) atoms. The van der Waals surface area contributed by atoms with Crippen molar-refractivity contribution in [1.82, 2.24) is 9.88 Å². The predicted octanol–water partition coefficient (Wildman–Crippen LogP) is 7.65. The van der Waals surface area contributed by atoms with Crippen LogP contribution in [0.15, 0.2) is 77.2 Å². The Hall–Kier alpha value is -3.79. The zero-order chi connectivity index (χ0) is 27.0. The van der Waals surface area contributed by atoms with Gasteiger partial charge in [-0.05, 0) is 73.8 Å². The van der Waals surface area contributed by atoms with E-state index in [2.05, 4.69) is 52.5 Å². The molecule has 0 saturated carbocycles. The van der Waals surface area contributed by atoms with Gasteiger partial charge in [-0.2, -0.15) is 10.2 Å². The molecule has 1 aromatic heterocycles. The molecule has 1 fully saturated rings. The molecule has 3 aromatic carbocycles. The molecule has 0 aliphatic carbocycles. The highest BCUT2D eigenvalue weighted by atomic mass is 35.5. The highest BCUT2D eigenvalue weighted by molar-refractivity contribution is 6.31. The lowest BCUT2D eigenvalue weighted by Crippen LogP contribution is -2.37. The van der Waals surface area contributed by atoms with Crippen molar-refractivity contribution in [3.05, 3.63) is 100 Å². The van der Waals surface area contributed by atoms with Gasteiger partial charge in [0.05, 0.1) is 6.04 Å². The molecule has 1 saturated heterocycles. The predicted molar refractivity (Wildman–Crippen MR) is 155 cm³/mol. The maximum absolute atomic E-state index is 9.76. The molecule has 1 N–H and O–H groups in total. The summed E-state index contributed by atoms with van der Waals surface area (Å²) in [6.07, 6.45) is 4.71. The number of ether oxygens (including phenoxy) is 1. The first kappa shape index (κ1) is 26.8. The number of benzene rings is 3. The third-order valence-corrected chi connectivity index (χ3v) is 7.62. The van der Waals surface area contributed by atoms with Crippen LogP contribution in [0.2, 0.25) is 5.02 Å². The summed E-state index contributed by atoms with van der Waals surface area (Å²) in [5.41, 5.74) is 4.55. The van der Waals surface area contributed by atoms with Crippen molar-refractivity contribution in [2.24, 2.45) is 0 Å². The molecule has 0 radical (unpaired) electrons. The van der Waals surface area contributed by atoms with E-state index in [1.165, 1.54) is 30.4 Å². The number of rotatable bonds is 10. The third kappa shape index (κ3) is 6.62. The molecule has 200 valence electrons. The fourth-order valence-corrected chi connectivity index (χ4v) is 5.15. The van der Waals surface area contributed by atoms with E-state index in [1.807, 2.05) is 48.5 Å². The van der Waals surface area contributed by atoms with Crippen molar-refractivity contribution in [2.45, 2.75) is 45.3 Å². The maximum atomic E-state index is 9.76. The summed E-state index contributed by atoms with van der Waals surface area (Å²) in [7, 11) is 0. The number of oxazole rings is 1. The molecule has 6 nitrogen and oxygen atoms in total. The van der Waals surface area contributed by atoms with Crippen molar-refractivity contribution in [1.29, 1.82) is 5.26 Å². The standard InChI is InChI=1S/C32H33ClN4O2/c1-2-23-10-12-24(13-11-23)30(37-18-6-3-7-19-37)21-35-32-29(20-34)36-31(39-32)25-14-16-27(17-15-25)38-22-26-8-4-5-9-28(26)33/h4-5,8-17,30,35H,2-3,6-7,18-19,21-22H2,1H3/t30-/m0/s1. The van der Waals surface area contributed by atoms with Crippen LogP contribution < -0.4 is 10.1 Å². The minimum atomic E-state index is 0.186. The fraction of sp³-hybridized carbons (Fsp3) is 0.312. The number of aryl methyl sites for hydroxylation is 1. The third-order valence-electron chi connectivity index (χ3n) is 7.25. The molecule has 0 amide bonds. The van der Waals surface area contributed by atoms with Crippen molar-refractivity contribution >= 4 is 17.5 Å². The summed E-state index contributed by atoms with van der Waals surface area (Å²) in [5, 5.41) is 13.8. The van der Waals surface area contributed by atoms with Gasteiger partial charge in [-0.1, -0.05) is 67.4 Å². The van der Waals surface area contributed by atoms with Gasteiger partial charge in [0.15, 0.2) is 0 Å². The largest absolute Gasteiger partial charge is 0.489 e. The molecule has 0 spiro atoms. The minimum absolute atomic E-state index is 0.186. The van der Waals surface area contributed by atoms with E-state index in [9.17, 15) is 5.26 Å². The highest BCUT2D eigenvalue weighted by Gasteiger charge is 2.24. The van der Waals surface area contributed by atoms with Gasteiger partial charge in [0, 0.05) is 22.7 Å². The second-order valence-corrected chi connectivity index (χ2v) is 10.2. The van der Waals surface area contributed by atoms with Crippen LogP contribution in [0.4, 0.5) is 5.88 Å². The van der Waals surface area contributed by atoms with E-state index in [-0.39, 0.29) is 11.7 Å². The number of nitriles is 1. The van der Waals surface area contributed by atoms with Crippen LogP contribution in [0.1, 0.15) is 54.6 Å². The molecular weight excluding hydrogens is 508 g/mol. The molecule has 5 rings (SSSR count). The van der Waals surface area contributed by atoms with Gasteiger partial charge in [-0.25, -0.2) is 0 Å². The van der Waals surface area contributed by atoms with Gasteiger partial charge in [-0.3, -0.25) is 4.90 Å². The van der Waals surface area contributed by atoms with Gasteiger partial charge >= 0.3 is 0 Å². The Balaban J connectivity index is 1.28. The van der Waals surface area contributed by atoms with Crippen molar-refractivity contribution in [3.8, 4) is 23.3 Å². The minimum Gasteiger partial charge on any atom is -0.489 e. The van der Waals surface area contributed by atoms with Gasteiger partial charge in [0.25, 0.3) is 0 Å². The Morgan fingerprint density at radius 2 is 1.77 bits per heavy atom. The molecule has 2 heterocycles. The number of nitrogens with zero attached hydrogens (tertiary/aromatic N) is 3. The van der Waals surface area contributed by atoms with Crippen LogP contribution in [0.5, 0.6) is 5.75 Å². The molecule has 0 unspecified atom stereocenters. The average Bonchev–Trinajstić information content (AvgIpc) is 3.41. The van der Waals surface area contributed by atoms with Gasteiger partial charge < -0.3 is 14.5 Å². The molecule has 1 aliphatic rings. The van der Waals surface area contributed by atoms with Crippen LogP contribution in [-0.4, -0.2) is 29.5 Å². The van der Waals surface area contributed by atoms with Gasteiger partial charge in [-0.15, -0.1) is 0 Å². The molecule has 1 atom stereocenters. The molecule has 7 heteroatoms. The average molecular weight is 541 g/mol. The summed E-state index contributed by atoms with van der Waals surface area (Å²) >= 11 is 6.23. The Morgan fingerprint density at radius 1 is 1.03 bits per heavy atom. The number of hydrogen-bond acceptors (Lipinski definition) is 6. The van der Waals surface area contributed by atoms with E-state index in [0.29, 0.717) is 35.7 Å². The summed E-state index contributed by atoms with van der Waals surface area (Å²) in [4.78, 5) is 6.99. The molecule has 1 aliphatic heterocycles. The quantitative estimate of drug-likeness (QED) is 0.223. The molecule has 4 aromatic rings. The first-order valence-electron chi connectivity index (χ1n) is 13.6. The monoisotopic (exact) mass is 540 g/mol. The van der Waals surface area contributed by atoms with Crippen LogP contribution in [0, 0.1) is 11.3 Å². The maximum Gasteiger partial charge on any atom is 0.232 e. The second kappa shape index (κ2) is 12.8. The summed E-state index contributed by atoms with van der Waals surface area (Å²) in [6, 6.07) is 26.3. The zero-order valence-corrected chi connectivity index (χ0v) is 23.0. The summed E-state index contributed by atoms with van der Waals surface area (Å²) < 4.78 is 12.0. The van der Waals surface area contributed by atoms with E-state index >= 15 is 0 Å². The number of hydrogen-bond donors (Lipinski definition) is 1. The van der Waals surface area contributed by atoms with Crippen LogP contribution in [0.25, 0.3) is 11.5 Å². The van der Waals surface area contributed by atoms with Crippen molar-refractivity contribution in [3.63, 3.8) is 0 Å². The Kier molecular flexibility index (Phi) is 8.82. The lowest BCUT2D eigenvalue weighted by molar-refractivity contribution is 0.170. The highest BCUT2D eigenvalue weighted by Crippen LogP contribution is 2.30. The smallest absolute Gasteiger partial charge is 0.232 e. The molecular formula is C32H33ClN4O2. The fourth-order valence-electron chi connectivity index (χ4n) is 4.96. The first-order valence-corrected chi connectivity index (χ1v) is 14.0. The number of nitrogens with one attached hydrogen (secondary N) is 1. The lowest BCUT2D eigenvalue weighted by Gasteiger charge is -2.35. The lowest BCUT2D eigenvalue weighted by atomic mass is 10.00. The Morgan fingerprint density at radius 3 is 2.46 bits per heavy atom. The van der Waals surface area contributed by atoms with Crippen LogP contribution >= 0.6 is 11.6 Å². The van der Waals surface area contributed by atoms with Gasteiger partial charge in [0.2, 0.25) is 17.5 Å². The van der Waals surface area contributed by atoms with E-state index in [4.69, 9.17) is 20.8 Å².